The summed E-state index contributed by atoms with van der Waals surface area (Å²) in [4.78, 5) is 20.1. The topological polar surface area (TPSA) is 103 Å². The van der Waals surface area contributed by atoms with Gasteiger partial charge in [0.05, 0.1) is 11.4 Å². The average Bonchev–Trinajstić information content (AvgIpc) is 3.41. The van der Waals surface area contributed by atoms with Crippen LogP contribution < -0.4 is 10.0 Å². The zero-order valence-electron chi connectivity index (χ0n) is 18.3. The molecule has 1 amide bonds. The van der Waals surface area contributed by atoms with Crippen LogP contribution in [0.1, 0.15) is 51.4 Å². The Morgan fingerprint density at radius 3 is 2.57 bits per heavy atom. The van der Waals surface area contributed by atoms with Gasteiger partial charge in [-0.1, -0.05) is 12.8 Å². The highest BCUT2D eigenvalue weighted by atomic mass is 32.2. The third-order valence-electron chi connectivity index (χ3n) is 6.18. The molecule has 3 rings (SSSR count). The number of ether oxygens (including phenoxy) is 1. The first-order chi connectivity index (χ1) is 14.3. The molecule has 30 heavy (non-hydrogen) atoms. The molecular weight excluding hydrogens is 406 g/mol. The smallest absolute Gasteiger partial charge is 0.243 e. The highest BCUT2D eigenvalue weighted by Gasteiger charge is 2.34. The summed E-state index contributed by atoms with van der Waals surface area (Å²) < 4.78 is 34.5. The number of carbonyl (C=O) groups excluding carboxylic acids is 1. The van der Waals surface area contributed by atoms with E-state index in [1.54, 1.807) is 14.1 Å². The third-order valence-corrected chi connectivity index (χ3v) is 8.10. The zero-order valence-corrected chi connectivity index (χ0v) is 19.1. The van der Waals surface area contributed by atoms with Crippen molar-refractivity contribution in [2.24, 2.45) is 4.99 Å². The van der Waals surface area contributed by atoms with Gasteiger partial charge in [0, 0.05) is 46.4 Å². The molecule has 3 aliphatic rings. The van der Waals surface area contributed by atoms with E-state index in [0.717, 1.165) is 58.1 Å². The molecule has 10 heteroatoms. The van der Waals surface area contributed by atoms with Gasteiger partial charge in [0.1, 0.15) is 6.54 Å². The van der Waals surface area contributed by atoms with Crippen LogP contribution in [-0.2, 0) is 19.6 Å². The largest absolute Gasteiger partial charge is 0.376 e. The fraction of sp³-hybridized carbons (Fsp3) is 0.900. The molecule has 172 valence electrons. The van der Waals surface area contributed by atoms with Crippen LogP contribution in [0.5, 0.6) is 0 Å². The van der Waals surface area contributed by atoms with E-state index in [0.29, 0.717) is 25.5 Å². The predicted molar refractivity (Wildman–Crippen MR) is 117 cm³/mol. The van der Waals surface area contributed by atoms with Gasteiger partial charge in [-0.15, -0.1) is 0 Å². The van der Waals surface area contributed by atoms with Gasteiger partial charge in [-0.3, -0.25) is 4.79 Å². The number of sulfonamides is 1. The summed E-state index contributed by atoms with van der Waals surface area (Å²) in [7, 11) is 0.0250. The van der Waals surface area contributed by atoms with Gasteiger partial charge >= 0.3 is 0 Å². The molecule has 1 aliphatic carbocycles. The number of hydrogen-bond donors (Lipinski definition) is 2. The van der Waals surface area contributed by atoms with E-state index >= 15 is 0 Å². The predicted octanol–water partition coefficient (Wildman–Crippen LogP) is 0.526. The number of guanidine groups is 1. The van der Waals surface area contributed by atoms with Crippen LogP contribution >= 0.6 is 0 Å². The van der Waals surface area contributed by atoms with Crippen LogP contribution in [0.15, 0.2) is 4.99 Å². The average molecular weight is 444 g/mol. The van der Waals surface area contributed by atoms with Crippen molar-refractivity contribution < 1.29 is 17.9 Å². The lowest BCUT2D eigenvalue weighted by Gasteiger charge is -2.35. The lowest BCUT2D eigenvalue weighted by molar-refractivity contribution is -0.127. The molecule has 2 N–H and O–H groups in total. The molecule has 0 aromatic carbocycles. The van der Waals surface area contributed by atoms with E-state index in [4.69, 9.17) is 4.74 Å². The number of aliphatic imine (C=N–C) groups is 1. The van der Waals surface area contributed by atoms with E-state index in [-0.39, 0.29) is 24.6 Å². The number of amides is 1. The molecule has 2 unspecified atom stereocenters. The molecule has 0 aromatic heterocycles. The molecule has 9 nitrogen and oxygen atoms in total. The van der Waals surface area contributed by atoms with Crippen LogP contribution in [0.2, 0.25) is 0 Å². The van der Waals surface area contributed by atoms with Gasteiger partial charge in [-0.05, 0) is 38.5 Å². The second kappa shape index (κ2) is 10.8. The number of nitrogens with zero attached hydrogens (tertiary/aromatic N) is 3. The first-order valence-corrected chi connectivity index (χ1v) is 12.8. The number of rotatable bonds is 7. The van der Waals surface area contributed by atoms with Crippen molar-refractivity contribution in [1.82, 2.24) is 19.8 Å². The molecule has 2 aliphatic heterocycles. The number of carbonyl (C=O) groups is 1. The molecular formula is C20H37N5O4S. The normalized spacial score (nSPS) is 26.2. The van der Waals surface area contributed by atoms with Crippen LogP contribution in [0.25, 0.3) is 0 Å². The minimum atomic E-state index is -3.38. The summed E-state index contributed by atoms with van der Waals surface area (Å²) in [5, 5.41) is 2.87. The Morgan fingerprint density at radius 1 is 1.13 bits per heavy atom. The van der Waals surface area contributed by atoms with Gasteiger partial charge in [-0.2, -0.15) is 0 Å². The van der Waals surface area contributed by atoms with Gasteiger partial charge in [0.25, 0.3) is 0 Å². The maximum atomic E-state index is 13.0. The molecule has 0 aromatic rings. The molecule has 1 saturated carbocycles. The second-order valence-corrected chi connectivity index (χ2v) is 10.8. The van der Waals surface area contributed by atoms with E-state index in [9.17, 15) is 13.2 Å². The minimum Gasteiger partial charge on any atom is -0.376 e. The number of nitrogens with one attached hydrogen (secondary N) is 2. The van der Waals surface area contributed by atoms with Crippen molar-refractivity contribution in [2.75, 3.05) is 46.9 Å². The Balaban J connectivity index is 1.65. The highest BCUT2D eigenvalue weighted by Crippen LogP contribution is 2.22. The summed E-state index contributed by atoms with van der Waals surface area (Å²) in [6.45, 7) is 2.53. The molecule has 0 spiro atoms. The standard InChI is InChI=1S/C20H37N5O4S/c1-24(2)19(26)14-22-20(21-13-17-9-6-12-29-17)25-11-5-10-18(15-25)30(27,28)23-16-7-3-4-8-16/h16-18,23H,3-15H2,1-2H3,(H,21,22). The minimum absolute atomic E-state index is 0.0368. The molecule has 0 radical (unpaired) electrons. The number of hydrogen-bond acceptors (Lipinski definition) is 5. The van der Waals surface area contributed by atoms with Gasteiger partial charge < -0.3 is 19.9 Å². The Kier molecular flexibility index (Phi) is 8.35. The van der Waals surface area contributed by atoms with Gasteiger partial charge in [0.2, 0.25) is 15.9 Å². The van der Waals surface area contributed by atoms with E-state index in [2.05, 4.69) is 15.0 Å². The quantitative estimate of drug-likeness (QED) is 0.439. The van der Waals surface area contributed by atoms with Gasteiger partial charge in [0.15, 0.2) is 5.96 Å². The molecule has 2 atom stereocenters. The first kappa shape index (κ1) is 23.3. The van der Waals surface area contributed by atoms with Crippen LogP contribution in [0.4, 0.5) is 0 Å². The fourth-order valence-corrected chi connectivity index (χ4v) is 6.06. The van der Waals surface area contributed by atoms with Crippen molar-refractivity contribution in [2.45, 2.75) is 68.8 Å². The monoisotopic (exact) mass is 443 g/mol. The van der Waals surface area contributed by atoms with E-state index in [1.807, 2.05) is 4.90 Å². The number of likely N-dealkylation sites (N-methyl/N-ethyl adjacent to an activating group) is 1. The SMILES string of the molecule is CN(C)C(=O)CN=C(NCC1CCCO1)N1CCCC(S(=O)(=O)NC2CCCC2)C1. The van der Waals surface area contributed by atoms with Gasteiger partial charge in [-0.25, -0.2) is 18.1 Å². The van der Waals surface area contributed by atoms with E-state index in [1.165, 1.54) is 4.90 Å². The van der Waals surface area contributed by atoms with Crippen molar-refractivity contribution in [3.05, 3.63) is 0 Å². The lowest BCUT2D eigenvalue weighted by atomic mass is 10.1. The van der Waals surface area contributed by atoms with Crippen LogP contribution in [0.3, 0.4) is 0 Å². The lowest BCUT2D eigenvalue weighted by Crippen LogP contribution is -2.53. The summed E-state index contributed by atoms with van der Waals surface area (Å²) in [5.41, 5.74) is 0. The molecule has 3 fully saturated rings. The number of likely N-dealkylation sites (tertiary alicyclic amines) is 1. The Bertz CT molecular complexity index is 700. The molecule has 2 saturated heterocycles. The summed E-state index contributed by atoms with van der Waals surface area (Å²) >= 11 is 0. The second-order valence-electron chi connectivity index (χ2n) is 8.80. The van der Waals surface area contributed by atoms with Crippen LogP contribution in [-0.4, -0.2) is 94.4 Å². The maximum Gasteiger partial charge on any atom is 0.243 e. The maximum absolute atomic E-state index is 13.0. The third kappa shape index (κ3) is 6.55. The number of piperidine rings is 1. The molecule has 2 heterocycles. The zero-order chi connectivity index (χ0) is 21.6. The van der Waals surface area contributed by atoms with Crippen molar-refractivity contribution in [1.29, 1.82) is 0 Å². The van der Waals surface area contributed by atoms with Crippen molar-refractivity contribution in [3.8, 4) is 0 Å². The summed E-state index contributed by atoms with van der Waals surface area (Å²) in [5.74, 6) is 0.511. The van der Waals surface area contributed by atoms with Crippen molar-refractivity contribution in [3.63, 3.8) is 0 Å². The summed E-state index contributed by atoms with van der Waals surface area (Å²) in [6.07, 6.45) is 7.64. The highest BCUT2D eigenvalue weighted by molar-refractivity contribution is 7.90. The van der Waals surface area contributed by atoms with Crippen LogP contribution in [0, 0.1) is 0 Å². The Morgan fingerprint density at radius 2 is 1.90 bits per heavy atom. The first-order valence-electron chi connectivity index (χ1n) is 11.2. The summed E-state index contributed by atoms with van der Waals surface area (Å²) in [6, 6.07) is 0.0777. The molecule has 0 bridgehead atoms. The Labute approximate surface area is 180 Å². The van der Waals surface area contributed by atoms with E-state index < -0.39 is 15.3 Å². The van der Waals surface area contributed by atoms with Crippen molar-refractivity contribution >= 4 is 21.9 Å². The fourth-order valence-electron chi connectivity index (χ4n) is 4.32. The Hall–Kier alpha value is -1.39.